The topological polar surface area (TPSA) is 40.5 Å². The zero-order valence-corrected chi connectivity index (χ0v) is 12.7. The Morgan fingerprint density at radius 3 is 2.50 bits per heavy atom. The molecule has 1 aromatic rings. The SMILES string of the molecule is Cc1ccc(C(=O)O)c(N2CC=C(C(C)(C)C)CC2)c1. The largest absolute Gasteiger partial charge is 0.478 e. The van der Waals surface area contributed by atoms with Crippen molar-refractivity contribution in [2.45, 2.75) is 34.1 Å². The Kier molecular flexibility index (Phi) is 3.89. The van der Waals surface area contributed by atoms with E-state index in [1.54, 1.807) is 6.07 Å². The molecule has 1 aliphatic rings. The van der Waals surface area contributed by atoms with Gasteiger partial charge in [-0.3, -0.25) is 0 Å². The molecule has 1 heterocycles. The number of carbonyl (C=O) groups is 1. The van der Waals surface area contributed by atoms with Crippen LogP contribution in [0.1, 0.15) is 43.1 Å². The molecule has 0 atom stereocenters. The molecule has 0 fully saturated rings. The molecule has 0 radical (unpaired) electrons. The molecule has 3 nitrogen and oxygen atoms in total. The predicted molar refractivity (Wildman–Crippen MR) is 82.5 cm³/mol. The maximum absolute atomic E-state index is 11.4. The van der Waals surface area contributed by atoms with E-state index in [1.807, 2.05) is 19.1 Å². The van der Waals surface area contributed by atoms with Crippen molar-refractivity contribution < 1.29 is 9.90 Å². The third kappa shape index (κ3) is 3.03. The maximum Gasteiger partial charge on any atom is 0.337 e. The minimum atomic E-state index is -0.856. The van der Waals surface area contributed by atoms with Crippen LogP contribution >= 0.6 is 0 Å². The fraction of sp³-hybridized carbons (Fsp3) is 0.471. The van der Waals surface area contributed by atoms with E-state index in [4.69, 9.17) is 0 Å². The molecular formula is C17H23NO2. The summed E-state index contributed by atoms with van der Waals surface area (Å²) in [5.74, 6) is -0.856. The van der Waals surface area contributed by atoms with Crippen molar-refractivity contribution in [2.24, 2.45) is 5.41 Å². The molecule has 3 heteroatoms. The van der Waals surface area contributed by atoms with Gasteiger partial charge in [-0.1, -0.05) is 38.5 Å². The van der Waals surface area contributed by atoms with Gasteiger partial charge in [0.05, 0.1) is 11.3 Å². The van der Waals surface area contributed by atoms with Gasteiger partial charge in [-0.2, -0.15) is 0 Å². The normalized spacial score (nSPS) is 16.0. The third-order valence-electron chi connectivity index (χ3n) is 3.90. The van der Waals surface area contributed by atoms with Crippen LogP contribution in [0, 0.1) is 12.3 Å². The van der Waals surface area contributed by atoms with Crippen LogP contribution < -0.4 is 4.90 Å². The van der Waals surface area contributed by atoms with Crippen LogP contribution in [0.2, 0.25) is 0 Å². The quantitative estimate of drug-likeness (QED) is 0.831. The lowest BCUT2D eigenvalue weighted by molar-refractivity contribution is 0.0697. The van der Waals surface area contributed by atoms with Gasteiger partial charge in [0, 0.05) is 13.1 Å². The van der Waals surface area contributed by atoms with Crippen molar-refractivity contribution in [3.05, 3.63) is 41.0 Å². The highest BCUT2D eigenvalue weighted by Gasteiger charge is 2.23. The minimum Gasteiger partial charge on any atom is -0.478 e. The fourth-order valence-corrected chi connectivity index (χ4v) is 2.65. The molecule has 1 N–H and O–H groups in total. The number of anilines is 1. The molecule has 0 spiro atoms. The van der Waals surface area contributed by atoms with Crippen LogP contribution in [0.15, 0.2) is 29.8 Å². The van der Waals surface area contributed by atoms with Gasteiger partial charge >= 0.3 is 5.97 Å². The zero-order valence-electron chi connectivity index (χ0n) is 12.7. The number of rotatable bonds is 2. The molecule has 0 saturated carbocycles. The van der Waals surface area contributed by atoms with Crippen molar-refractivity contribution >= 4 is 11.7 Å². The summed E-state index contributed by atoms with van der Waals surface area (Å²) in [4.78, 5) is 13.5. The molecule has 1 aromatic carbocycles. The van der Waals surface area contributed by atoms with Crippen molar-refractivity contribution in [1.29, 1.82) is 0 Å². The van der Waals surface area contributed by atoms with Gasteiger partial charge in [0.15, 0.2) is 0 Å². The van der Waals surface area contributed by atoms with Crippen molar-refractivity contribution in [3.8, 4) is 0 Å². The Bertz CT molecular complexity index is 553. The number of aromatic carboxylic acids is 1. The molecule has 1 aliphatic heterocycles. The first kappa shape index (κ1) is 14.6. The van der Waals surface area contributed by atoms with E-state index in [0.29, 0.717) is 5.56 Å². The first-order valence-corrected chi connectivity index (χ1v) is 7.07. The van der Waals surface area contributed by atoms with E-state index < -0.39 is 5.97 Å². The lowest BCUT2D eigenvalue weighted by Crippen LogP contribution is -2.32. The number of benzene rings is 1. The Morgan fingerprint density at radius 2 is 2.00 bits per heavy atom. The minimum absolute atomic E-state index is 0.203. The van der Waals surface area contributed by atoms with Crippen molar-refractivity contribution in [2.75, 3.05) is 18.0 Å². The summed E-state index contributed by atoms with van der Waals surface area (Å²) in [7, 11) is 0. The molecular weight excluding hydrogens is 250 g/mol. The van der Waals surface area contributed by atoms with Gasteiger partial charge in [0.1, 0.15) is 0 Å². The highest BCUT2D eigenvalue weighted by Crippen LogP contribution is 2.32. The summed E-state index contributed by atoms with van der Waals surface area (Å²) >= 11 is 0. The number of hydrogen-bond acceptors (Lipinski definition) is 2. The summed E-state index contributed by atoms with van der Waals surface area (Å²) in [5.41, 5.74) is 3.98. The second kappa shape index (κ2) is 5.31. The summed E-state index contributed by atoms with van der Waals surface area (Å²) in [6.45, 7) is 10.3. The molecule has 0 saturated heterocycles. The van der Waals surface area contributed by atoms with Crippen LogP contribution in [-0.2, 0) is 0 Å². The zero-order chi connectivity index (χ0) is 14.9. The van der Waals surface area contributed by atoms with E-state index in [0.717, 1.165) is 30.8 Å². The number of aryl methyl sites for hydroxylation is 1. The van der Waals surface area contributed by atoms with Crippen molar-refractivity contribution in [3.63, 3.8) is 0 Å². The molecule has 0 bridgehead atoms. The standard InChI is InChI=1S/C17H23NO2/c1-12-5-6-14(16(19)20)15(11-12)18-9-7-13(8-10-18)17(2,3)4/h5-7,11H,8-10H2,1-4H3,(H,19,20). The number of carboxylic acid groups (broad SMARTS) is 1. The average Bonchev–Trinajstić information content (AvgIpc) is 2.37. The third-order valence-corrected chi connectivity index (χ3v) is 3.90. The highest BCUT2D eigenvalue weighted by molar-refractivity contribution is 5.94. The Morgan fingerprint density at radius 1 is 1.30 bits per heavy atom. The first-order valence-electron chi connectivity index (χ1n) is 7.07. The second-order valence-corrected chi connectivity index (χ2v) is 6.50. The van der Waals surface area contributed by atoms with Gasteiger partial charge in [0.2, 0.25) is 0 Å². The van der Waals surface area contributed by atoms with E-state index in [1.165, 1.54) is 5.57 Å². The van der Waals surface area contributed by atoms with Gasteiger partial charge in [-0.05, 0) is 36.5 Å². The Balaban J connectivity index is 2.29. The number of nitrogens with zero attached hydrogens (tertiary/aromatic N) is 1. The first-order chi connectivity index (χ1) is 9.29. The van der Waals surface area contributed by atoms with E-state index >= 15 is 0 Å². The van der Waals surface area contributed by atoms with Gasteiger partial charge in [0.25, 0.3) is 0 Å². The smallest absolute Gasteiger partial charge is 0.337 e. The van der Waals surface area contributed by atoms with Crippen LogP contribution in [0.4, 0.5) is 5.69 Å². The van der Waals surface area contributed by atoms with Gasteiger partial charge in [-0.15, -0.1) is 0 Å². The lowest BCUT2D eigenvalue weighted by atomic mass is 9.83. The monoisotopic (exact) mass is 273 g/mol. The average molecular weight is 273 g/mol. The molecule has 0 aliphatic carbocycles. The molecule has 0 unspecified atom stereocenters. The highest BCUT2D eigenvalue weighted by atomic mass is 16.4. The maximum atomic E-state index is 11.4. The summed E-state index contributed by atoms with van der Waals surface area (Å²) < 4.78 is 0. The van der Waals surface area contributed by atoms with Crippen LogP contribution in [0.25, 0.3) is 0 Å². The van der Waals surface area contributed by atoms with E-state index in [9.17, 15) is 9.90 Å². The predicted octanol–water partition coefficient (Wildman–Crippen LogP) is 3.88. The summed E-state index contributed by atoms with van der Waals surface area (Å²) in [6, 6.07) is 5.53. The van der Waals surface area contributed by atoms with Crippen LogP contribution in [-0.4, -0.2) is 24.2 Å². The second-order valence-electron chi connectivity index (χ2n) is 6.50. The molecule has 20 heavy (non-hydrogen) atoms. The fourth-order valence-electron chi connectivity index (χ4n) is 2.65. The Hall–Kier alpha value is -1.77. The summed E-state index contributed by atoms with van der Waals surface area (Å²) in [6.07, 6.45) is 3.24. The number of hydrogen-bond donors (Lipinski definition) is 1. The molecule has 2 rings (SSSR count). The van der Waals surface area contributed by atoms with E-state index in [-0.39, 0.29) is 5.41 Å². The Labute approximate surface area is 120 Å². The lowest BCUT2D eigenvalue weighted by Gasteiger charge is -2.34. The van der Waals surface area contributed by atoms with Gasteiger partial charge in [-0.25, -0.2) is 4.79 Å². The number of carboxylic acids is 1. The molecule has 0 aromatic heterocycles. The molecule has 0 amide bonds. The molecule has 108 valence electrons. The van der Waals surface area contributed by atoms with Gasteiger partial charge < -0.3 is 10.0 Å². The van der Waals surface area contributed by atoms with Crippen LogP contribution in [0.3, 0.4) is 0 Å². The van der Waals surface area contributed by atoms with Crippen LogP contribution in [0.5, 0.6) is 0 Å². The van der Waals surface area contributed by atoms with Crippen molar-refractivity contribution in [1.82, 2.24) is 0 Å². The summed E-state index contributed by atoms with van der Waals surface area (Å²) in [5, 5.41) is 9.33. The van der Waals surface area contributed by atoms with E-state index in [2.05, 4.69) is 31.7 Å².